The summed E-state index contributed by atoms with van der Waals surface area (Å²) < 4.78 is 73.6. The molecule has 0 atom stereocenters. The summed E-state index contributed by atoms with van der Waals surface area (Å²) in [6, 6.07) is 1.74. The number of thiocarbonyl (C=S) groups is 1. The van der Waals surface area contributed by atoms with Crippen molar-refractivity contribution in [3.63, 3.8) is 0 Å². The molecule has 0 aliphatic heterocycles. The van der Waals surface area contributed by atoms with Crippen molar-refractivity contribution in [3.05, 3.63) is 23.4 Å². The zero-order chi connectivity index (χ0) is 16.3. The summed E-state index contributed by atoms with van der Waals surface area (Å²) >= 11 is 4.66. The zero-order valence-electron chi connectivity index (χ0n) is 10.5. The fraction of sp³-hybridized carbons (Fsp3) is 0.455. The molecule has 3 N–H and O–H groups in total. The predicted octanol–water partition coefficient (Wildman–Crippen LogP) is 3.49. The zero-order valence-corrected chi connectivity index (χ0v) is 11.3. The van der Waals surface area contributed by atoms with Crippen molar-refractivity contribution in [1.82, 2.24) is 4.98 Å². The molecule has 0 aliphatic carbocycles. The fourth-order valence-corrected chi connectivity index (χ4v) is 1.61. The standard InChI is InChI=1S/C11H11F6N3S/c12-10(13,14)4-1-5-19-9-6(8(18)21)2-3-7(20-9)11(15,16)17/h2-3H,1,4-5H2,(H2,18,21)(H,19,20). The van der Waals surface area contributed by atoms with Crippen LogP contribution >= 0.6 is 12.2 Å². The van der Waals surface area contributed by atoms with Crippen molar-refractivity contribution < 1.29 is 26.3 Å². The van der Waals surface area contributed by atoms with Gasteiger partial charge in [-0.2, -0.15) is 26.3 Å². The van der Waals surface area contributed by atoms with Crippen LogP contribution in [0.3, 0.4) is 0 Å². The minimum Gasteiger partial charge on any atom is -0.389 e. The molecular formula is C11H11F6N3S. The highest BCUT2D eigenvalue weighted by Crippen LogP contribution is 2.29. The number of alkyl halides is 6. The Morgan fingerprint density at radius 1 is 1.19 bits per heavy atom. The molecule has 0 saturated carbocycles. The molecule has 10 heteroatoms. The number of anilines is 1. The van der Waals surface area contributed by atoms with Crippen molar-refractivity contribution in [3.8, 4) is 0 Å². The van der Waals surface area contributed by atoms with E-state index in [4.69, 9.17) is 5.73 Å². The summed E-state index contributed by atoms with van der Waals surface area (Å²) in [5.41, 5.74) is 4.20. The summed E-state index contributed by atoms with van der Waals surface area (Å²) in [7, 11) is 0. The lowest BCUT2D eigenvalue weighted by atomic mass is 10.2. The van der Waals surface area contributed by atoms with Crippen LogP contribution in [-0.4, -0.2) is 22.7 Å². The first-order chi connectivity index (χ1) is 9.50. The van der Waals surface area contributed by atoms with Crippen LogP contribution in [0.15, 0.2) is 12.1 Å². The van der Waals surface area contributed by atoms with Gasteiger partial charge in [-0.15, -0.1) is 0 Å². The van der Waals surface area contributed by atoms with Gasteiger partial charge in [-0.1, -0.05) is 12.2 Å². The minimum atomic E-state index is -4.67. The molecule has 0 spiro atoms. The third-order valence-corrected chi connectivity index (χ3v) is 2.60. The van der Waals surface area contributed by atoms with Gasteiger partial charge in [-0.3, -0.25) is 0 Å². The number of pyridine rings is 1. The van der Waals surface area contributed by atoms with E-state index in [1.54, 1.807) is 0 Å². The molecule has 0 aliphatic rings. The first-order valence-corrected chi connectivity index (χ1v) is 6.10. The third-order valence-electron chi connectivity index (χ3n) is 2.38. The fourth-order valence-electron chi connectivity index (χ4n) is 1.45. The molecule has 1 aromatic heterocycles. The van der Waals surface area contributed by atoms with Crippen molar-refractivity contribution in [2.45, 2.75) is 25.2 Å². The number of halogens is 6. The lowest BCUT2D eigenvalue weighted by molar-refractivity contribution is -0.141. The van der Waals surface area contributed by atoms with Gasteiger partial charge in [-0.05, 0) is 18.6 Å². The van der Waals surface area contributed by atoms with E-state index >= 15 is 0 Å². The number of nitrogens with one attached hydrogen (secondary N) is 1. The largest absolute Gasteiger partial charge is 0.433 e. The van der Waals surface area contributed by atoms with Gasteiger partial charge in [0, 0.05) is 13.0 Å². The number of aromatic nitrogens is 1. The molecule has 21 heavy (non-hydrogen) atoms. The summed E-state index contributed by atoms with van der Waals surface area (Å²) in [6.07, 6.45) is -10.4. The predicted molar refractivity (Wildman–Crippen MR) is 68.9 cm³/mol. The average Bonchev–Trinajstić information content (AvgIpc) is 2.32. The second-order valence-corrected chi connectivity index (χ2v) is 4.54. The minimum absolute atomic E-state index is 0.0463. The Morgan fingerprint density at radius 2 is 1.81 bits per heavy atom. The molecule has 0 amide bonds. The van der Waals surface area contributed by atoms with Gasteiger partial charge < -0.3 is 11.1 Å². The number of nitrogens with zero attached hydrogens (tertiary/aromatic N) is 1. The third kappa shape index (κ3) is 5.74. The van der Waals surface area contributed by atoms with Gasteiger partial charge in [0.15, 0.2) is 0 Å². The summed E-state index contributed by atoms with van der Waals surface area (Å²) in [5.74, 6) is -0.278. The van der Waals surface area contributed by atoms with Crippen molar-refractivity contribution >= 4 is 23.0 Å². The van der Waals surface area contributed by atoms with E-state index < -0.39 is 24.5 Å². The molecule has 1 aromatic rings. The molecule has 0 fully saturated rings. The summed E-state index contributed by atoms with van der Waals surface area (Å²) in [6.45, 7) is -0.205. The highest BCUT2D eigenvalue weighted by Gasteiger charge is 2.33. The highest BCUT2D eigenvalue weighted by molar-refractivity contribution is 7.80. The van der Waals surface area contributed by atoms with Crippen LogP contribution < -0.4 is 11.1 Å². The van der Waals surface area contributed by atoms with Crippen molar-refractivity contribution in [2.24, 2.45) is 5.73 Å². The molecular weight excluding hydrogens is 320 g/mol. The summed E-state index contributed by atoms with van der Waals surface area (Å²) in [5, 5.41) is 2.40. The van der Waals surface area contributed by atoms with E-state index in [9.17, 15) is 26.3 Å². The average molecular weight is 331 g/mol. The first kappa shape index (κ1) is 17.5. The van der Waals surface area contributed by atoms with Gasteiger partial charge in [0.2, 0.25) is 0 Å². The van der Waals surface area contributed by atoms with Gasteiger partial charge in [-0.25, -0.2) is 4.98 Å². The molecule has 1 rings (SSSR count). The Balaban J connectivity index is 2.85. The van der Waals surface area contributed by atoms with Crippen LogP contribution in [0.1, 0.15) is 24.1 Å². The number of hydrogen-bond donors (Lipinski definition) is 2. The number of rotatable bonds is 5. The molecule has 0 bridgehead atoms. The van der Waals surface area contributed by atoms with Crippen LogP contribution in [0, 0.1) is 0 Å². The molecule has 118 valence electrons. The monoisotopic (exact) mass is 331 g/mol. The maximum Gasteiger partial charge on any atom is 0.433 e. The van der Waals surface area contributed by atoms with E-state index in [-0.39, 0.29) is 29.3 Å². The molecule has 1 heterocycles. The first-order valence-electron chi connectivity index (χ1n) is 5.69. The Bertz CT molecular complexity index is 512. The van der Waals surface area contributed by atoms with Crippen LogP contribution in [0.4, 0.5) is 32.2 Å². The van der Waals surface area contributed by atoms with E-state index in [0.29, 0.717) is 6.07 Å². The van der Waals surface area contributed by atoms with Crippen molar-refractivity contribution in [1.29, 1.82) is 0 Å². The van der Waals surface area contributed by atoms with Crippen LogP contribution in [0.5, 0.6) is 0 Å². The van der Waals surface area contributed by atoms with Gasteiger partial charge in [0.05, 0.1) is 5.56 Å². The van der Waals surface area contributed by atoms with Gasteiger partial charge in [0.25, 0.3) is 0 Å². The maximum atomic E-state index is 12.5. The molecule has 0 saturated heterocycles. The number of hydrogen-bond acceptors (Lipinski definition) is 3. The Hall–Kier alpha value is -1.58. The maximum absolute atomic E-state index is 12.5. The second kappa shape index (κ2) is 6.46. The van der Waals surface area contributed by atoms with Gasteiger partial charge in [0.1, 0.15) is 16.5 Å². The van der Waals surface area contributed by atoms with Crippen LogP contribution in [0.2, 0.25) is 0 Å². The Labute approximate surface area is 121 Å². The molecule has 0 unspecified atom stereocenters. The molecule has 0 aromatic carbocycles. The van der Waals surface area contributed by atoms with Crippen LogP contribution in [-0.2, 0) is 6.18 Å². The van der Waals surface area contributed by atoms with Gasteiger partial charge >= 0.3 is 12.4 Å². The van der Waals surface area contributed by atoms with E-state index in [1.165, 1.54) is 0 Å². The van der Waals surface area contributed by atoms with E-state index in [2.05, 4.69) is 22.5 Å². The van der Waals surface area contributed by atoms with Crippen LogP contribution in [0.25, 0.3) is 0 Å². The lowest BCUT2D eigenvalue weighted by Gasteiger charge is -2.13. The van der Waals surface area contributed by atoms with E-state index in [1.807, 2.05) is 0 Å². The smallest absolute Gasteiger partial charge is 0.389 e. The second-order valence-electron chi connectivity index (χ2n) is 4.10. The topological polar surface area (TPSA) is 50.9 Å². The van der Waals surface area contributed by atoms with Crippen molar-refractivity contribution in [2.75, 3.05) is 11.9 Å². The Morgan fingerprint density at radius 3 is 2.29 bits per heavy atom. The number of nitrogens with two attached hydrogens (primary N) is 1. The normalized spacial score (nSPS) is 12.3. The quantitative estimate of drug-likeness (QED) is 0.493. The summed E-state index contributed by atoms with van der Waals surface area (Å²) in [4.78, 5) is 3.11. The van der Waals surface area contributed by atoms with E-state index in [0.717, 1.165) is 6.07 Å². The lowest BCUT2D eigenvalue weighted by Crippen LogP contribution is -2.18. The Kier molecular flexibility index (Phi) is 5.37. The SMILES string of the molecule is NC(=S)c1ccc(C(F)(F)F)nc1NCCCC(F)(F)F. The molecule has 3 nitrogen and oxygen atoms in total. The highest BCUT2D eigenvalue weighted by atomic mass is 32.1. The molecule has 0 radical (unpaired) electrons.